The van der Waals surface area contributed by atoms with Gasteiger partial charge in [0.1, 0.15) is 24.2 Å². The third-order valence-electron chi connectivity index (χ3n) is 7.73. The monoisotopic (exact) mass is 714 g/mol. The molecule has 1 saturated carbocycles. The van der Waals surface area contributed by atoms with E-state index in [-0.39, 0.29) is 48.4 Å². The standard InChI is InChI=1S/C36H47ClN4O9/c1-5-49-30(42)20-38-34(46)31(43)29(22-48-21-24-14-10-7-11-15-24)40-33(45)28(18-23-12-8-6-9-13-23)39-32(44)25-16-17-26(37)27(19-25)41-35(47)50-36(2,3)4/h7,10-11,14-17,19,23,28-29H,5-6,8-9,12-13,18,20-22H2,1-4H3,(H,38,46)(H,39,44)(H,40,45)(H,41,47)/t28-,29-/m0/s1. The number of carbonyl (C=O) groups is 6. The van der Waals surface area contributed by atoms with Gasteiger partial charge in [-0.25, -0.2) is 4.79 Å². The Labute approximate surface area is 297 Å². The maximum Gasteiger partial charge on any atom is 0.412 e. The number of anilines is 1. The lowest BCUT2D eigenvalue weighted by Gasteiger charge is -2.28. The smallest absolute Gasteiger partial charge is 0.412 e. The first-order valence-corrected chi connectivity index (χ1v) is 17.1. The number of hydrogen-bond acceptors (Lipinski definition) is 9. The van der Waals surface area contributed by atoms with Crippen molar-refractivity contribution in [2.75, 3.05) is 25.1 Å². The molecule has 0 bridgehead atoms. The molecule has 2 aromatic carbocycles. The zero-order valence-electron chi connectivity index (χ0n) is 29.0. The molecule has 0 aromatic heterocycles. The van der Waals surface area contributed by atoms with Crippen LogP contribution in [0.15, 0.2) is 48.5 Å². The second-order valence-corrected chi connectivity index (χ2v) is 13.4. The second-order valence-electron chi connectivity index (χ2n) is 13.0. The van der Waals surface area contributed by atoms with Crippen molar-refractivity contribution in [2.45, 2.75) is 90.5 Å². The summed E-state index contributed by atoms with van der Waals surface area (Å²) in [5.41, 5.74) is 0.289. The fraction of sp³-hybridized carbons (Fsp3) is 0.500. The lowest BCUT2D eigenvalue weighted by molar-refractivity contribution is -0.146. The van der Waals surface area contributed by atoms with Crippen molar-refractivity contribution in [1.82, 2.24) is 16.0 Å². The molecule has 2 atom stereocenters. The van der Waals surface area contributed by atoms with Gasteiger partial charge in [-0.15, -0.1) is 0 Å². The van der Waals surface area contributed by atoms with Gasteiger partial charge in [0.05, 0.1) is 30.5 Å². The van der Waals surface area contributed by atoms with E-state index < -0.39 is 59.8 Å². The molecule has 14 heteroatoms. The minimum Gasteiger partial charge on any atom is -0.465 e. The molecule has 0 radical (unpaired) electrons. The molecule has 13 nitrogen and oxygen atoms in total. The van der Waals surface area contributed by atoms with Gasteiger partial charge in [0, 0.05) is 5.56 Å². The van der Waals surface area contributed by atoms with E-state index in [0.29, 0.717) is 0 Å². The van der Waals surface area contributed by atoms with Crippen molar-refractivity contribution in [1.29, 1.82) is 0 Å². The van der Waals surface area contributed by atoms with Gasteiger partial charge < -0.3 is 30.2 Å². The van der Waals surface area contributed by atoms with Crippen molar-refractivity contribution in [3.05, 3.63) is 64.7 Å². The first-order chi connectivity index (χ1) is 23.8. The van der Waals surface area contributed by atoms with Gasteiger partial charge in [-0.05, 0) is 63.8 Å². The highest BCUT2D eigenvalue weighted by Gasteiger charge is 2.33. The summed E-state index contributed by atoms with van der Waals surface area (Å²) in [5.74, 6) is -4.05. The van der Waals surface area contributed by atoms with E-state index in [1.165, 1.54) is 18.2 Å². The van der Waals surface area contributed by atoms with Crippen LogP contribution in [0.25, 0.3) is 0 Å². The molecule has 272 valence electrons. The van der Waals surface area contributed by atoms with E-state index in [1.54, 1.807) is 27.7 Å². The van der Waals surface area contributed by atoms with Crippen LogP contribution in [0.2, 0.25) is 5.02 Å². The molecule has 1 fully saturated rings. The lowest BCUT2D eigenvalue weighted by atomic mass is 9.84. The maximum absolute atomic E-state index is 13.9. The summed E-state index contributed by atoms with van der Waals surface area (Å²) < 4.78 is 15.8. The Balaban J connectivity index is 1.80. The number of Topliss-reactive ketones (excluding diaryl/α,β-unsaturated/α-hetero) is 1. The van der Waals surface area contributed by atoms with Crippen molar-refractivity contribution in [3.8, 4) is 0 Å². The Morgan fingerprint density at radius 3 is 2.28 bits per heavy atom. The van der Waals surface area contributed by atoms with Crippen LogP contribution in [0.1, 0.15) is 82.1 Å². The number of halogens is 1. The van der Waals surface area contributed by atoms with E-state index in [4.69, 9.17) is 25.8 Å². The Morgan fingerprint density at radius 1 is 0.920 bits per heavy atom. The fourth-order valence-electron chi connectivity index (χ4n) is 5.34. The molecule has 0 saturated heterocycles. The highest BCUT2D eigenvalue weighted by atomic mass is 35.5. The Morgan fingerprint density at radius 2 is 1.62 bits per heavy atom. The minimum atomic E-state index is -1.43. The summed E-state index contributed by atoms with van der Waals surface area (Å²) in [7, 11) is 0. The number of rotatable bonds is 16. The summed E-state index contributed by atoms with van der Waals surface area (Å²) in [6.45, 7) is 6.04. The van der Waals surface area contributed by atoms with E-state index in [0.717, 1.165) is 37.7 Å². The molecular weight excluding hydrogens is 668 g/mol. The maximum atomic E-state index is 13.9. The SMILES string of the molecule is CCOC(=O)CNC(=O)C(=O)[C@H](COCc1ccccc1)NC(=O)[C@H](CC1CCCCC1)NC(=O)c1ccc(Cl)c(NC(=O)OC(C)(C)C)c1. The first kappa shape index (κ1) is 39.9. The molecule has 0 heterocycles. The summed E-state index contributed by atoms with van der Waals surface area (Å²) in [4.78, 5) is 77.7. The van der Waals surface area contributed by atoms with Crippen LogP contribution >= 0.6 is 11.6 Å². The minimum absolute atomic E-state index is 0.0976. The third-order valence-corrected chi connectivity index (χ3v) is 8.06. The zero-order chi connectivity index (χ0) is 36.7. The molecule has 1 aliphatic carbocycles. The molecular formula is C36H47ClN4O9. The number of ketones is 1. The van der Waals surface area contributed by atoms with E-state index >= 15 is 0 Å². The Bertz CT molecular complexity index is 1490. The molecule has 4 amide bonds. The van der Waals surface area contributed by atoms with Gasteiger partial charge in [-0.1, -0.05) is 74.0 Å². The van der Waals surface area contributed by atoms with Crippen LogP contribution in [-0.2, 0) is 40.0 Å². The van der Waals surface area contributed by atoms with E-state index in [1.807, 2.05) is 30.3 Å². The summed E-state index contributed by atoms with van der Waals surface area (Å²) >= 11 is 6.28. The molecule has 50 heavy (non-hydrogen) atoms. The number of amides is 4. The topological polar surface area (TPSA) is 178 Å². The normalized spacial score (nSPS) is 14.4. The molecule has 0 spiro atoms. The summed E-state index contributed by atoms with van der Waals surface area (Å²) in [6.07, 6.45) is 4.30. The zero-order valence-corrected chi connectivity index (χ0v) is 29.7. The average Bonchev–Trinajstić information content (AvgIpc) is 3.07. The van der Waals surface area contributed by atoms with Gasteiger partial charge in [0.15, 0.2) is 0 Å². The fourth-order valence-corrected chi connectivity index (χ4v) is 5.50. The van der Waals surface area contributed by atoms with E-state index in [9.17, 15) is 28.8 Å². The number of hydrogen-bond donors (Lipinski definition) is 4. The number of benzene rings is 2. The third kappa shape index (κ3) is 13.8. The van der Waals surface area contributed by atoms with Crippen molar-refractivity contribution in [3.63, 3.8) is 0 Å². The van der Waals surface area contributed by atoms with Gasteiger partial charge in [0.25, 0.3) is 11.8 Å². The highest BCUT2D eigenvalue weighted by Crippen LogP contribution is 2.28. The largest absolute Gasteiger partial charge is 0.465 e. The molecule has 1 aliphatic rings. The number of ether oxygens (including phenoxy) is 3. The van der Waals surface area contributed by atoms with Crippen molar-refractivity contribution < 1.29 is 43.0 Å². The van der Waals surface area contributed by atoms with Crippen molar-refractivity contribution in [2.24, 2.45) is 5.92 Å². The lowest BCUT2D eigenvalue weighted by Crippen LogP contribution is -2.56. The predicted molar refractivity (Wildman–Crippen MR) is 186 cm³/mol. The van der Waals surface area contributed by atoms with Gasteiger partial charge in [-0.2, -0.15) is 0 Å². The molecule has 0 unspecified atom stereocenters. The molecule has 4 N–H and O–H groups in total. The molecule has 3 rings (SSSR count). The second kappa shape index (κ2) is 19.6. The van der Waals surface area contributed by atoms with Crippen LogP contribution in [0.4, 0.5) is 10.5 Å². The van der Waals surface area contributed by atoms with Crippen LogP contribution in [-0.4, -0.2) is 73.0 Å². The predicted octanol–water partition coefficient (Wildman–Crippen LogP) is 4.71. The summed E-state index contributed by atoms with van der Waals surface area (Å²) in [6, 6.07) is 10.9. The van der Waals surface area contributed by atoms with Crippen LogP contribution in [0, 0.1) is 5.92 Å². The first-order valence-electron chi connectivity index (χ1n) is 16.8. The number of carbonyl (C=O) groups excluding carboxylic acids is 6. The van der Waals surface area contributed by atoms with Crippen LogP contribution < -0.4 is 21.3 Å². The molecule has 0 aliphatic heterocycles. The van der Waals surface area contributed by atoms with Gasteiger partial charge >= 0.3 is 12.1 Å². The molecule has 2 aromatic rings. The number of esters is 1. The quantitative estimate of drug-likeness (QED) is 0.142. The van der Waals surface area contributed by atoms with Crippen LogP contribution in [0.3, 0.4) is 0 Å². The highest BCUT2D eigenvalue weighted by molar-refractivity contribution is 6.38. The summed E-state index contributed by atoms with van der Waals surface area (Å²) in [5, 5.41) is 10.3. The average molecular weight is 715 g/mol. The van der Waals surface area contributed by atoms with Gasteiger partial charge in [-0.3, -0.25) is 29.3 Å². The number of nitrogens with one attached hydrogen (secondary N) is 4. The van der Waals surface area contributed by atoms with Crippen LogP contribution in [0.5, 0.6) is 0 Å². The van der Waals surface area contributed by atoms with Crippen molar-refractivity contribution >= 4 is 52.9 Å². The van der Waals surface area contributed by atoms with E-state index in [2.05, 4.69) is 21.3 Å². The Hall–Kier alpha value is -4.49. The Kier molecular flexibility index (Phi) is 15.7. The van der Waals surface area contributed by atoms with Gasteiger partial charge in [0.2, 0.25) is 11.7 Å².